The lowest BCUT2D eigenvalue weighted by Gasteiger charge is -2.24. The van der Waals surface area contributed by atoms with Gasteiger partial charge in [0.05, 0.1) is 16.8 Å². The summed E-state index contributed by atoms with van der Waals surface area (Å²) in [5, 5.41) is 0. The third-order valence-electron chi connectivity index (χ3n) is 5.61. The normalized spacial score (nSPS) is 14.8. The fourth-order valence-corrected chi connectivity index (χ4v) is 5.01. The molecule has 0 saturated heterocycles. The molecule has 9 nitrogen and oxygen atoms in total. The van der Waals surface area contributed by atoms with Gasteiger partial charge >= 0.3 is 0 Å². The van der Waals surface area contributed by atoms with Crippen molar-refractivity contribution in [2.45, 2.75) is 30.8 Å². The number of hydrogen-bond donors (Lipinski definition) is 0. The molecule has 1 heterocycles. The molecule has 1 aliphatic heterocycles. The van der Waals surface area contributed by atoms with Gasteiger partial charge in [-0.1, -0.05) is 6.92 Å². The van der Waals surface area contributed by atoms with Gasteiger partial charge in [0.25, 0.3) is 5.91 Å². The quantitative estimate of drug-likeness (QED) is 0.555. The molecule has 3 rings (SSSR count). The van der Waals surface area contributed by atoms with Gasteiger partial charge in [-0.05, 0) is 60.9 Å². The first-order valence-corrected chi connectivity index (χ1v) is 13.7. The van der Waals surface area contributed by atoms with Gasteiger partial charge in [0.2, 0.25) is 20.0 Å². The van der Waals surface area contributed by atoms with Crippen LogP contribution in [0.25, 0.3) is 0 Å². The maximum Gasteiger partial charge on any atom is 0.268 e. The van der Waals surface area contributed by atoms with E-state index in [2.05, 4.69) is 0 Å². The maximum absolute atomic E-state index is 13.2. The first kappa shape index (κ1) is 25.0. The van der Waals surface area contributed by atoms with Gasteiger partial charge in [-0.2, -0.15) is 0 Å². The summed E-state index contributed by atoms with van der Waals surface area (Å²) < 4.78 is 56.5. The topological polar surface area (TPSA) is 104 Å². The van der Waals surface area contributed by atoms with Gasteiger partial charge in [0.15, 0.2) is 6.10 Å². The van der Waals surface area contributed by atoms with Crippen LogP contribution in [0.5, 0.6) is 5.75 Å². The molecule has 33 heavy (non-hydrogen) atoms. The Kier molecular flexibility index (Phi) is 7.06. The van der Waals surface area contributed by atoms with Crippen molar-refractivity contribution in [3.05, 3.63) is 48.0 Å². The zero-order chi connectivity index (χ0) is 24.6. The summed E-state index contributed by atoms with van der Waals surface area (Å²) in [4.78, 5) is 15.1. The molecule has 0 spiro atoms. The summed E-state index contributed by atoms with van der Waals surface area (Å²) >= 11 is 0. The average Bonchev–Trinajstić information content (AvgIpc) is 3.19. The van der Waals surface area contributed by atoms with E-state index >= 15 is 0 Å². The molecule has 0 radical (unpaired) electrons. The number of anilines is 2. The Morgan fingerprint density at radius 3 is 2.24 bits per heavy atom. The number of carbonyl (C=O) groups is 1. The number of rotatable bonds is 8. The molecule has 2 aromatic carbocycles. The summed E-state index contributed by atoms with van der Waals surface area (Å²) in [6.45, 7) is 2.29. The number of sulfonamides is 2. The van der Waals surface area contributed by atoms with Crippen LogP contribution < -0.4 is 13.9 Å². The lowest BCUT2D eigenvalue weighted by molar-refractivity contribution is -0.125. The molecule has 0 aliphatic carbocycles. The Morgan fingerprint density at radius 1 is 1.06 bits per heavy atom. The second kappa shape index (κ2) is 9.32. The number of ether oxygens (including phenoxy) is 1. The Bertz CT molecular complexity index is 1240. The highest BCUT2D eigenvalue weighted by atomic mass is 32.2. The van der Waals surface area contributed by atoms with Gasteiger partial charge in [0, 0.05) is 33.4 Å². The van der Waals surface area contributed by atoms with Gasteiger partial charge in [-0.15, -0.1) is 0 Å². The molecule has 1 amide bonds. The van der Waals surface area contributed by atoms with E-state index < -0.39 is 26.2 Å². The zero-order valence-corrected chi connectivity index (χ0v) is 21.0. The minimum Gasteiger partial charge on any atom is -0.481 e. The Hall–Kier alpha value is -2.63. The fraction of sp³-hybridized carbons (Fsp3) is 0.409. The van der Waals surface area contributed by atoms with Crippen LogP contribution in [0.3, 0.4) is 0 Å². The van der Waals surface area contributed by atoms with Crippen molar-refractivity contribution in [1.29, 1.82) is 0 Å². The van der Waals surface area contributed by atoms with Crippen LogP contribution in [-0.2, 0) is 31.3 Å². The maximum atomic E-state index is 13.2. The van der Waals surface area contributed by atoms with Crippen LogP contribution >= 0.6 is 0 Å². The number of benzene rings is 2. The van der Waals surface area contributed by atoms with Gasteiger partial charge in [0.1, 0.15) is 5.75 Å². The highest BCUT2D eigenvalue weighted by Gasteiger charge is 2.32. The number of carbonyl (C=O) groups excluding carboxylic acids is 1. The Balaban J connectivity index is 1.77. The smallest absolute Gasteiger partial charge is 0.268 e. The molecule has 0 unspecified atom stereocenters. The van der Waals surface area contributed by atoms with Gasteiger partial charge in [-0.3, -0.25) is 9.10 Å². The number of fused-ring (bicyclic) bond motifs is 1. The predicted octanol–water partition coefficient (Wildman–Crippen LogP) is 2.08. The van der Waals surface area contributed by atoms with Crippen molar-refractivity contribution in [2.75, 3.05) is 43.1 Å². The molecule has 1 aliphatic rings. The van der Waals surface area contributed by atoms with E-state index in [0.717, 1.165) is 20.4 Å². The third kappa shape index (κ3) is 5.15. The van der Waals surface area contributed by atoms with Crippen LogP contribution in [-0.4, -0.2) is 67.1 Å². The van der Waals surface area contributed by atoms with E-state index in [1.54, 1.807) is 41.3 Å². The predicted molar refractivity (Wildman–Crippen MR) is 128 cm³/mol. The van der Waals surface area contributed by atoms with E-state index in [1.807, 2.05) is 6.92 Å². The molecule has 0 bridgehead atoms. The summed E-state index contributed by atoms with van der Waals surface area (Å²) in [7, 11) is -2.51. The molecule has 0 N–H and O–H groups in total. The van der Waals surface area contributed by atoms with Gasteiger partial charge < -0.3 is 9.64 Å². The standard InChI is InChI=1S/C22H29N3O6S2/c1-6-21(31-18-9-7-17(8-10-18)24(4)32(5,27)28)22(26)25-14-13-16-15-19(11-12-20(16)25)33(29,30)23(2)3/h7-12,15,21H,6,13-14H2,1-5H3/t21-/m1/s1. The van der Waals surface area contributed by atoms with E-state index in [4.69, 9.17) is 4.74 Å². The van der Waals surface area contributed by atoms with Crippen molar-refractivity contribution in [1.82, 2.24) is 4.31 Å². The molecule has 2 aromatic rings. The first-order chi connectivity index (χ1) is 15.4. The average molecular weight is 496 g/mol. The van der Waals surface area contributed by atoms with Crippen molar-refractivity contribution < 1.29 is 26.4 Å². The van der Waals surface area contributed by atoms with E-state index in [1.165, 1.54) is 27.2 Å². The zero-order valence-electron chi connectivity index (χ0n) is 19.3. The molecular formula is C22H29N3O6S2. The second-order valence-corrected chi connectivity index (χ2v) is 12.2. The van der Waals surface area contributed by atoms with Crippen LogP contribution in [0.2, 0.25) is 0 Å². The molecule has 180 valence electrons. The number of nitrogens with zero attached hydrogens (tertiary/aromatic N) is 3. The van der Waals surface area contributed by atoms with Crippen LogP contribution in [0.4, 0.5) is 11.4 Å². The second-order valence-electron chi connectivity index (χ2n) is 8.06. The third-order valence-corrected chi connectivity index (χ3v) is 8.63. The van der Waals surface area contributed by atoms with Crippen LogP contribution in [0.15, 0.2) is 47.4 Å². The molecule has 11 heteroatoms. The van der Waals surface area contributed by atoms with Crippen molar-refractivity contribution in [2.24, 2.45) is 0 Å². The molecule has 0 aromatic heterocycles. The van der Waals surface area contributed by atoms with Crippen molar-refractivity contribution in [3.8, 4) is 5.75 Å². The summed E-state index contributed by atoms with van der Waals surface area (Å²) in [5.74, 6) is 0.240. The van der Waals surface area contributed by atoms with Crippen molar-refractivity contribution in [3.63, 3.8) is 0 Å². The minimum atomic E-state index is -3.55. The lowest BCUT2D eigenvalue weighted by Crippen LogP contribution is -2.41. The highest BCUT2D eigenvalue weighted by Crippen LogP contribution is 2.32. The monoisotopic (exact) mass is 495 g/mol. The SMILES string of the molecule is CC[C@@H](Oc1ccc(N(C)S(C)(=O)=O)cc1)C(=O)N1CCc2cc(S(=O)(=O)N(C)C)ccc21. The lowest BCUT2D eigenvalue weighted by atomic mass is 10.1. The first-order valence-electron chi connectivity index (χ1n) is 10.4. The molecule has 0 saturated carbocycles. The fourth-order valence-electron chi connectivity index (χ4n) is 3.55. The highest BCUT2D eigenvalue weighted by molar-refractivity contribution is 7.92. The minimum absolute atomic E-state index is 0.197. The molecule has 0 fully saturated rings. The largest absolute Gasteiger partial charge is 0.481 e. The van der Waals surface area contributed by atoms with E-state index in [0.29, 0.717) is 36.5 Å². The summed E-state index contributed by atoms with van der Waals surface area (Å²) in [6.07, 6.45) is 1.37. The van der Waals surface area contributed by atoms with E-state index in [-0.39, 0.29) is 10.8 Å². The number of amides is 1. The van der Waals surface area contributed by atoms with E-state index in [9.17, 15) is 21.6 Å². The summed E-state index contributed by atoms with van der Waals surface area (Å²) in [5.41, 5.74) is 1.97. The van der Waals surface area contributed by atoms with Crippen LogP contribution in [0.1, 0.15) is 18.9 Å². The van der Waals surface area contributed by atoms with Crippen LogP contribution in [0, 0.1) is 0 Å². The Labute approximate surface area is 195 Å². The van der Waals surface area contributed by atoms with Gasteiger partial charge in [-0.25, -0.2) is 21.1 Å². The molecular weight excluding hydrogens is 466 g/mol. The molecule has 1 atom stereocenters. The van der Waals surface area contributed by atoms with Crippen molar-refractivity contribution >= 4 is 37.3 Å². The number of hydrogen-bond acceptors (Lipinski definition) is 6. The Morgan fingerprint density at radius 2 is 1.70 bits per heavy atom. The summed E-state index contributed by atoms with van der Waals surface area (Å²) in [6, 6.07) is 11.3.